The van der Waals surface area contributed by atoms with Crippen LogP contribution < -0.4 is 0 Å². The highest BCUT2D eigenvalue weighted by Gasteiger charge is 2.25. The maximum absolute atomic E-state index is 12.4. The van der Waals surface area contributed by atoms with Crippen molar-refractivity contribution < 1.29 is 8.78 Å². The van der Waals surface area contributed by atoms with E-state index in [2.05, 4.69) is 0 Å². The number of allylic oxidation sites excluding steroid dienone is 1. The predicted molar refractivity (Wildman–Crippen MR) is 45.4 cm³/mol. The molecule has 0 unspecified atom stereocenters. The molecule has 0 radical (unpaired) electrons. The molecule has 0 saturated heterocycles. The second kappa shape index (κ2) is 3.99. The van der Waals surface area contributed by atoms with Gasteiger partial charge in [0.25, 0.3) is 6.43 Å². The van der Waals surface area contributed by atoms with Gasteiger partial charge in [-0.25, -0.2) is 8.78 Å². The first-order valence-electron chi connectivity index (χ1n) is 4.25. The van der Waals surface area contributed by atoms with Crippen LogP contribution in [0.5, 0.6) is 0 Å². The van der Waals surface area contributed by atoms with Gasteiger partial charge in [0.05, 0.1) is 6.04 Å². The van der Waals surface area contributed by atoms with Crippen LogP contribution in [-0.4, -0.2) is 31.0 Å². The summed E-state index contributed by atoms with van der Waals surface area (Å²) in [6, 6.07) is -0.557. The van der Waals surface area contributed by atoms with Gasteiger partial charge in [-0.2, -0.15) is 0 Å². The van der Waals surface area contributed by atoms with E-state index in [1.807, 2.05) is 13.0 Å². The first-order valence-corrected chi connectivity index (χ1v) is 4.25. The topological polar surface area (TPSA) is 3.24 Å². The molecule has 0 aromatic carbocycles. The lowest BCUT2D eigenvalue weighted by Crippen LogP contribution is -2.36. The number of hydrogen-bond acceptors (Lipinski definition) is 1. The number of halogens is 2. The Kier molecular flexibility index (Phi) is 3.20. The van der Waals surface area contributed by atoms with Crippen LogP contribution in [-0.2, 0) is 0 Å². The van der Waals surface area contributed by atoms with Crippen LogP contribution in [0.3, 0.4) is 0 Å². The number of rotatable bonds is 1. The second-order valence-electron chi connectivity index (χ2n) is 3.43. The monoisotopic (exact) mass is 175 g/mol. The molecule has 12 heavy (non-hydrogen) atoms. The van der Waals surface area contributed by atoms with Gasteiger partial charge in [-0.05, 0) is 26.8 Å². The Balaban J connectivity index is 2.58. The van der Waals surface area contributed by atoms with E-state index in [0.717, 1.165) is 6.42 Å². The molecule has 3 heteroatoms. The van der Waals surface area contributed by atoms with E-state index in [-0.39, 0.29) is 0 Å². The molecule has 1 heterocycles. The zero-order chi connectivity index (χ0) is 9.14. The van der Waals surface area contributed by atoms with Crippen molar-refractivity contribution in [3.05, 3.63) is 11.6 Å². The first-order chi connectivity index (χ1) is 5.61. The largest absolute Gasteiger partial charge is 0.294 e. The third-order valence-electron chi connectivity index (χ3n) is 2.42. The Hall–Kier alpha value is -0.440. The number of hydrogen-bond donors (Lipinski definition) is 0. The van der Waals surface area contributed by atoms with E-state index >= 15 is 0 Å². The van der Waals surface area contributed by atoms with E-state index in [1.165, 1.54) is 5.57 Å². The molecule has 0 aromatic rings. The van der Waals surface area contributed by atoms with Crippen LogP contribution in [0.15, 0.2) is 11.6 Å². The summed E-state index contributed by atoms with van der Waals surface area (Å²) in [4.78, 5) is 1.72. The molecule has 0 aromatic heterocycles. The van der Waals surface area contributed by atoms with Gasteiger partial charge in [-0.3, -0.25) is 4.90 Å². The lowest BCUT2D eigenvalue weighted by Gasteiger charge is -2.24. The zero-order valence-corrected chi connectivity index (χ0v) is 7.56. The third-order valence-corrected chi connectivity index (χ3v) is 2.42. The summed E-state index contributed by atoms with van der Waals surface area (Å²) in [6.45, 7) is 2.66. The van der Waals surface area contributed by atoms with Crippen molar-refractivity contribution in [1.29, 1.82) is 0 Å². The van der Waals surface area contributed by atoms with Gasteiger partial charge in [-0.15, -0.1) is 0 Å². The van der Waals surface area contributed by atoms with Crippen molar-refractivity contribution in [2.24, 2.45) is 0 Å². The molecule has 0 fully saturated rings. The van der Waals surface area contributed by atoms with E-state index < -0.39 is 12.5 Å². The van der Waals surface area contributed by atoms with E-state index in [4.69, 9.17) is 0 Å². The molecule has 1 rings (SSSR count). The van der Waals surface area contributed by atoms with Crippen molar-refractivity contribution in [1.82, 2.24) is 4.90 Å². The second-order valence-corrected chi connectivity index (χ2v) is 3.43. The standard InChI is InChI=1S/C9H15F2N/c1-7-3-4-8(9(10)11)12(2)6-5-7/h5,8-9H,3-4,6H2,1-2H3/t8-/m1/s1. The van der Waals surface area contributed by atoms with Gasteiger partial charge < -0.3 is 0 Å². The van der Waals surface area contributed by atoms with Crippen LogP contribution in [0.2, 0.25) is 0 Å². The van der Waals surface area contributed by atoms with Gasteiger partial charge in [0.15, 0.2) is 0 Å². The van der Waals surface area contributed by atoms with Crippen molar-refractivity contribution in [3.63, 3.8) is 0 Å². The molecule has 1 atom stereocenters. The molecule has 0 aliphatic carbocycles. The smallest absolute Gasteiger partial charge is 0.253 e. The summed E-state index contributed by atoms with van der Waals surface area (Å²) in [5, 5.41) is 0. The number of alkyl halides is 2. The Bertz CT molecular complexity index is 177. The maximum Gasteiger partial charge on any atom is 0.253 e. The lowest BCUT2D eigenvalue weighted by atomic mass is 10.1. The maximum atomic E-state index is 12.4. The summed E-state index contributed by atoms with van der Waals surface area (Å²) in [7, 11) is 1.76. The van der Waals surface area contributed by atoms with Gasteiger partial charge in [-0.1, -0.05) is 11.6 Å². The third kappa shape index (κ3) is 2.27. The van der Waals surface area contributed by atoms with E-state index in [1.54, 1.807) is 11.9 Å². The summed E-state index contributed by atoms with van der Waals surface area (Å²) < 4.78 is 24.8. The molecule has 0 bridgehead atoms. The van der Waals surface area contributed by atoms with E-state index in [0.29, 0.717) is 13.0 Å². The minimum Gasteiger partial charge on any atom is -0.294 e. The predicted octanol–water partition coefficient (Wildman–Crippen LogP) is 2.29. The average Bonchev–Trinajstić information content (AvgIpc) is 2.14. The first kappa shape index (κ1) is 9.65. The van der Waals surface area contributed by atoms with Gasteiger partial charge in [0.1, 0.15) is 0 Å². The summed E-state index contributed by atoms with van der Waals surface area (Å²) in [5.41, 5.74) is 1.23. The molecule has 70 valence electrons. The molecule has 1 nitrogen and oxygen atoms in total. The fraction of sp³-hybridized carbons (Fsp3) is 0.778. The highest BCUT2D eigenvalue weighted by molar-refractivity contribution is 5.03. The molecule has 0 N–H and O–H groups in total. The Labute approximate surface area is 72.1 Å². The summed E-state index contributed by atoms with van der Waals surface area (Å²) >= 11 is 0. The Morgan fingerprint density at radius 3 is 2.83 bits per heavy atom. The minimum atomic E-state index is -2.21. The lowest BCUT2D eigenvalue weighted by molar-refractivity contribution is 0.0405. The molecular weight excluding hydrogens is 160 g/mol. The fourth-order valence-corrected chi connectivity index (χ4v) is 1.45. The number of likely N-dealkylation sites (N-methyl/N-ethyl adjacent to an activating group) is 1. The van der Waals surface area contributed by atoms with Crippen LogP contribution in [0.1, 0.15) is 19.8 Å². The summed E-state index contributed by atoms with van der Waals surface area (Å²) in [6.07, 6.45) is 1.20. The minimum absolute atomic E-state index is 0.557. The molecule has 1 aliphatic rings. The molecule has 0 spiro atoms. The van der Waals surface area contributed by atoms with Crippen molar-refractivity contribution >= 4 is 0 Å². The van der Waals surface area contributed by atoms with Crippen LogP contribution in [0.4, 0.5) is 8.78 Å². The quantitative estimate of drug-likeness (QED) is 0.553. The SMILES string of the molecule is CC1=CCN(C)[C@@H](C(F)F)CC1. The van der Waals surface area contributed by atoms with Crippen LogP contribution in [0, 0.1) is 0 Å². The number of nitrogens with zero attached hydrogens (tertiary/aromatic N) is 1. The van der Waals surface area contributed by atoms with Crippen molar-refractivity contribution in [2.45, 2.75) is 32.2 Å². The molecule has 0 saturated carbocycles. The van der Waals surface area contributed by atoms with E-state index in [9.17, 15) is 8.78 Å². The molecular formula is C9H15F2N. The van der Waals surface area contributed by atoms with Crippen LogP contribution in [0.25, 0.3) is 0 Å². The Morgan fingerprint density at radius 2 is 2.25 bits per heavy atom. The van der Waals surface area contributed by atoms with Gasteiger partial charge >= 0.3 is 0 Å². The Morgan fingerprint density at radius 1 is 1.58 bits per heavy atom. The zero-order valence-electron chi connectivity index (χ0n) is 7.56. The van der Waals surface area contributed by atoms with Crippen molar-refractivity contribution in [2.75, 3.05) is 13.6 Å². The van der Waals surface area contributed by atoms with Gasteiger partial charge in [0.2, 0.25) is 0 Å². The highest BCUT2D eigenvalue weighted by atomic mass is 19.3. The van der Waals surface area contributed by atoms with Gasteiger partial charge in [0, 0.05) is 6.54 Å². The fourth-order valence-electron chi connectivity index (χ4n) is 1.45. The van der Waals surface area contributed by atoms with Crippen LogP contribution >= 0.6 is 0 Å². The molecule has 1 aliphatic heterocycles. The normalized spacial score (nSPS) is 27.1. The molecule has 0 amide bonds. The summed E-state index contributed by atoms with van der Waals surface area (Å²) in [5.74, 6) is 0. The average molecular weight is 175 g/mol. The highest BCUT2D eigenvalue weighted by Crippen LogP contribution is 2.20. The van der Waals surface area contributed by atoms with Crippen molar-refractivity contribution in [3.8, 4) is 0 Å².